The van der Waals surface area contributed by atoms with Crippen LogP contribution < -0.4 is 5.32 Å². The number of aromatic hydroxyl groups is 2. The van der Waals surface area contributed by atoms with Crippen molar-refractivity contribution in [3.05, 3.63) is 51.5 Å². The molecule has 0 heterocycles. The van der Waals surface area contributed by atoms with Gasteiger partial charge in [-0.05, 0) is 42.8 Å². The van der Waals surface area contributed by atoms with E-state index >= 15 is 0 Å². The van der Waals surface area contributed by atoms with Crippen LogP contribution >= 0.6 is 23.2 Å². The zero-order valence-corrected chi connectivity index (χ0v) is 11.8. The molecule has 0 unspecified atom stereocenters. The fourth-order valence-corrected chi connectivity index (χ4v) is 2.33. The Hall–Kier alpha value is -1.58. The normalized spacial score (nSPS) is 10.5. The quantitative estimate of drug-likeness (QED) is 0.739. The van der Waals surface area contributed by atoms with Gasteiger partial charge in [0.25, 0.3) is 0 Å². The number of benzene rings is 2. The van der Waals surface area contributed by atoms with Gasteiger partial charge in [0, 0.05) is 22.8 Å². The molecule has 0 spiro atoms. The van der Waals surface area contributed by atoms with E-state index in [0.29, 0.717) is 17.1 Å². The van der Waals surface area contributed by atoms with E-state index in [1.807, 2.05) is 6.92 Å². The van der Waals surface area contributed by atoms with Gasteiger partial charge in [0.05, 0.1) is 5.02 Å². The number of halogens is 2. The predicted octanol–water partition coefficient (Wildman–Crippen LogP) is 4.33. The summed E-state index contributed by atoms with van der Waals surface area (Å²) in [6.45, 7) is 2.27. The Morgan fingerprint density at radius 1 is 1.11 bits per heavy atom. The number of rotatable bonds is 3. The van der Waals surface area contributed by atoms with Gasteiger partial charge in [-0.3, -0.25) is 0 Å². The van der Waals surface area contributed by atoms with Crippen molar-refractivity contribution in [2.24, 2.45) is 0 Å². The molecule has 0 aliphatic carbocycles. The molecule has 0 fully saturated rings. The van der Waals surface area contributed by atoms with Crippen molar-refractivity contribution in [2.45, 2.75) is 13.5 Å². The number of anilines is 1. The Morgan fingerprint density at radius 3 is 2.53 bits per heavy atom. The molecule has 2 aromatic rings. The van der Waals surface area contributed by atoms with Gasteiger partial charge in [0.15, 0.2) is 0 Å². The highest BCUT2D eigenvalue weighted by molar-refractivity contribution is 6.35. The molecule has 0 amide bonds. The molecule has 100 valence electrons. The molecule has 0 saturated carbocycles. The maximum absolute atomic E-state index is 9.84. The maximum atomic E-state index is 9.84. The van der Waals surface area contributed by atoms with Crippen LogP contribution in [0.1, 0.15) is 11.1 Å². The predicted molar refractivity (Wildman–Crippen MR) is 78.3 cm³/mol. The van der Waals surface area contributed by atoms with E-state index in [1.54, 1.807) is 24.3 Å². The molecule has 0 atom stereocenters. The molecule has 3 N–H and O–H groups in total. The molecule has 0 radical (unpaired) electrons. The molecule has 5 heteroatoms. The number of phenolic OH excluding ortho intramolecular Hbond substituents is 2. The van der Waals surface area contributed by atoms with Crippen molar-refractivity contribution >= 4 is 28.9 Å². The average molecular weight is 298 g/mol. The summed E-state index contributed by atoms with van der Waals surface area (Å²) in [7, 11) is 0. The number of nitrogens with one attached hydrogen (secondary N) is 1. The van der Waals surface area contributed by atoms with Crippen LogP contribution in [-0.4, -0.2) is 10.2 Å². The van der Waals surface area contributed by atoms with Crippen LogP contribution in [0, 0.1) is 6.92 Å². The van der Waals surface area contributed by atoms with Crippen LogP contribution in [0.4, 0.5) is 5.69 Å². The van der Waals surface area contributed by atoms with Gasteiger partial charge in [0.2, 0.25) is 0 Å². The Labute approximate surface area is 121 Å². The van der Waals surface area contributed by atoms with E-state index in [4.69, 9.17) is 23.2 Å². The summed E-state index contributed by atoms with van der Waals surface area (Å²) < 4.78 is 0. The molecular weight excluding hydrogens is 285 g/mol. The van der Waals surface area contributed by atoms with Crippen LogP contribution in [0.5, 0.6) is 11.5 Å². The van der Waals surface area contributed by atoms with Gasteiger partial charge in [-0.25, -0.2) is 0 Å². The fraction of sp³-hybridized carbons (Fsp3) is 0.143. The number of aryl methyl sites for hydroxylation is 1. The number of phenols is 2. The average Bonchev–Trinajstić information content (AvgIpc) is 2.33. The second-order valence-electron chi connectivity index (χ2n) is 4.25. The summed E-state index contributed by atoms with van der Waals surface area (Å²) in [5.74, 6) is 0.242. The third kappa shape index (κ3) is 3.25. The van der Waals surface area contributed by atoms with Gasteiger partial charge >= 0.3 is 0 Å². The lowest BCUT2D eigenvalue weighted by Crippen LogP contribution is -2.01. The zero-order valence-electron chi connectivity index (χ0n) is 10.2. The van der Waals surface area contributed by atoms with E-state index in [1.165, 1.54) is 6.07 Å². The van der Waals surface area contributed by atoms with Gasteiger partial charge < -0.3 is 15.5 Å². The maximum Gasteiger partial charge on any atom is 0.139 e. The molecule has 3 nitrogen and oxygen atoms in total. The number of hydrogen-bond donors (Lipinski definition) is 3. The summed E-state index contributed by atoms with van der Waals surface area (Å²) in [5.41, 5.74) is 2.39. The Bertz CT molecular complexity index is 615. The van der Waals surface area contributed by atoms with E-state index in [0.717, 1.165) is 11.3 Å². The van der Waals surface area contributed by atoms with Crippen molar-refractivity contribution < 1.29 is 10.2 Å². The lowest BCUT2D eigenvalue weighted by Gasteiger charge is -2.12. The minimum atomic E-state index is 0.0231. The van der Waals surface area contributed by atoms with Crippen LogP contribution in [0.15, 0.2) is 30.3 Å². The lowest BCUT2D eigenvalue weighted by atomic mass is 10.1. The summed E-state index contributed by atoms with van der Waals surface area (Å²) in [5, 5.41) is 23.0. The second-order valence-corrected chi connectivity index (χ2v) is 5.09. The molecule has 19 heavy (non-hydrogen) atoms. The van der Waals surface area contributed by atoms with Crippen molar-refractivity contribution in [3.8, 4) is 11.5 Å². The first-order chi connectivity index (χ1) is 8.97. The van der Waals surface area contributed by atoms with E-state index in [2.05, 4.69) is 5.32 Å². The number of hydrogen-bond acceptors (Lipinski definition) is 3. The Kier molecular flexibility index (Phi) is 4.08. The van der Waals surface area contributed by atoms with Gasteiger partial charge in [-0.2, -0.15) is 0 Å². The van der Waals surface area contributed by atoms with Crippen molar-refractivity contribution in [2.75, 3.05) is 5.32 Å². The van der Waals surface area contributed by atoms with Crippen molar-refractivity contribution in [3.63, 3.8) is 0 Å². The molecule has 0 aliphatic heterocycles. The summed E-state index contributed by atoms with van der Waals surface area (Å²) >= 11 is 11.8. The molecule has 0 aromatic heterocycles. The first-order valence-corrected chi connectivity index (χ1v) is 6.43. The lowest BCUT2D eigenvalue weighted by molar-refractivity contribution is 0.469. The molecule has 0 saturated heterocycles. The van der Waals surface area contributed by atoms with Crippen LogP contribution in [-0.2, 0) is 6.54 Å². The summed E-state index contributed by atoms with van der Waals surface area (Å²) in [6, 6.07) is 8.18. The largest absolute Gasteiger partial charge is 0.508 e. The molecule has 0 aliphatic rings. The van der Waals surface area contributed by atoms with Crippen LogP contribution in [0.25, 0.3) is 0 Å². The third-order valence-electron chi connectivity index (χ3n) is 2.79. The molecule has 0 bridgehead atoms. The van der Waals surface area contributed by atoms with Crippen molar-refractivity contribution in [1.29, 1.82) is 0 Å². The highest BCUT2D eigenvalue weighted by Crippen LogP contribution is 2.32. The minimum Gasteiger partial charge on any atom is -0.508 e. The molecule has 2 rings (SSSR count). The fourth-order valence-electron chi connectivity index (χ4n) is 1.79. The molecular formula is C14H13Cl2NO2. The SMILES string of the molecule is Cc1cc(O)ccc1NCc1cc(Cl)cc(Cl)c1O. The first kappa shape index (κ1) is 13.8. The van der Waals surface area contributed by atoms with Gasteiger partial charge in [-0.1, -0.05) is 23.2 Å². The van der Waals surface area contributed by atoms with Crippen molar-refractivity contribution in [1.82, 2.24) is 0 Å². The Balaban J connectivity index is 2.19. The first-order valence-electron chi connectivity index (χ1n) is 5.68. The van der Waals surface area contributed by atoms with Gasteiger partial charge in [-0.15, -0.1) is 0 Å². The minimum absolute atomic E-state index is 0.0231. The Morgan fingerprint density at radius 2 is 1.84 bits per heavy atom. The standard InChI is InChI=1S/C14H13Cl2NO2/c1-8-4-11(18)2-3-13(8)17-7-9-5-10(15)6-12(16)14(9)19/h2-6,17-19H,7H2,1H3. The smallest absolute Gasteiger partial charge is 0.139 e. The second kappa shape index (κ2) is 5.59. The summed E-state index contributed by atoms with van der Waals surface area (Å²) in [6.07, 6.45) is 0. The monoisotopic (exact) mass is 297 g/mol. The highest BCUT2D eigenvalue weighted by Gasteiger charge is 2.08. The van der Waals surface area contributed by atoms with E-state index < -0.39 is 0 Å². The van der Waals surface area contributed by atoms with Crippen LogP contribution in [0.2, 0.25) is 10.0 Å². The summed E-state index contributed by atoms with van der Waals surface area (Å²) in [4.78, 5) is 0. The van der Waals surface area contributed by atoms with Crippen LogP contribution in [0.3, 0.4) is 0 Å². The molecule has 2 aromatic carbocycles. The topological polar surface area (TPSA) is 52.5 Å². The van der Waals surface area contributed by atoms with E-state index in [-0.39, 0.29) is 16.5 Å². The van der Waals surface area contributed by atoms with Gasteiger partial charge in [0.1, 0.15) is 11.5 Å². The third-order valence-corrected chi connectivity index (χ3v) is 3.29. The highest BCUT2D eigenvalue weighted by atomic mass is 35.5. The van der Waals surface area contributed by atoms with E-state index in [9.17, 15) is 10.2 Å². The zero-order chi connectivity index (χ0) is 14.0.